The maximum absolute atomic E-state index is 5.70. The highest BCUT2D eigenvalue weighted by Gasteiger charge is 2.02. The number of hydrogen-bond acceptors (Lipinski definition) is 2. The van der Waals surface area contributed by atoms with Crippen LogP contribution in [0, 0.1) is 0 Å². The van der Waals surface area contributed by atoms with Crippen LogP contribution >= 0.6 is 36.4 Å². The first-order valence-electron chi connectivity index (χ1n) is 3.69. The summed E-state index contributed by atoms with van der Waals surface area (Å²) >= 11 is 14.7. The van der Waals surface area contributed by atoms with Crippen molar-refractivity contribution in [3.05, 3.63) is 29.3 Å². The van der Waals surface area contributed by atoms with E-state index in [1.165, 1.54) is 0 Å². The Morgan fingerprint density at radius 1 is 1.85 bits per heavy atom. The molecule has 0 amide bonds. The molecule has 0 radical (unpaired) electrons. The molecule has 0 spiro atoms. The van der Waals surface area contributed by atoms with E-state index in [4.69, 9.17) is 23.8 Å². The first kappa shape index (κ1) is 10.8. The van der Waals surface area contributed by atoms with Crippen molar-refractivity contribution in [1.29, 1.82) is 0 Å². The van der Waals surface area contributed by atoms with Gasteiger partial charge in [-0.15, -0.1) is 12.6 Å². The second-order valence-corrected chi connectivity index (χ2v) is 4.20. The predicted molar refractivity (Wildman–Crippen MR) is 62.5 cm³/mol. The summed E-state index contributed by atoms with van der Waals surface area (Å²) in [6.45, 7) is 1.83. The monoisotopic (exact) mass is 232 g/mol. The van der Waals surface area contributed by atoms with Crippen molar-refractivity contribution in [3.63, 3.8) is 0 Å². The van der Waals surface area contributed by atoms with E-state index in [9.17, 15) is 0 Å². The third-order valence-electron chi connectivity index (χ3n) is 1.49. The minimum absolute atomic E-state index is 0.494. The van der Waals surface area contributed by atoms with Crippen molar-refractivity contribution in [3.8, 4) is 0 Å². The van der Waals surface area contributed by atoms with Gasteiger partial charge in [-0.3, -0.25) is 4.57 Å². The van der Waals surface area contributed by atoms with E-state index in [0.29, 0.717) is 10.7 Å². The van der Waals surface area contributed by atoms with Gasteiger partial charge in [0.05, 0.1) is 0 Å². The Balaban J connectivity index is 2.83. The average Bonchev–Trinajstić information content (AvgIpc) is 2.47. The van der Waals surface area contributed by atoms with Gasteiger partial charge >= 0.3 is 0 Å². The summed E-state index contributed by atoms with van der Waals surface area (Å²) in [4.78, 5) is 4.13. The summed E-state index contributed by atoms with van der Waals surface area (Å²) in [5.74, 6) is 0.847. The second kappa shape index (κ2) is 4.79. The first-order valence-corrected chi connectivity index (χ1v) is 4.92. The quantitative estimate of drug-likeness (QED) is 0.624. The number of thiol groups is 1. The molecule has 1 aromatic heterocycles. The van der Waals surface area contributed by atoms with E-state index in [1.54, 1.807) is 17.0 Å². The lowest BCUT2D eigenvalue weighted by Gasteiger charge is -2.01. The number of aromatic nitrogens is 2. The summed E-state index contributed by atoms with van der Waals surface area (Å²) in [6.07, 6.45) is 6.02. The number of hydrogen-bond donors (Lipinski definition) is 1. The van der Waals surface area contributed by atoms with E-state index < -0.39 is 0 Å². The Morgan fingerprint density at radius 3 is 3.08 bits per heavy atom. The van der Waals surface area contributed by atoms with Gasteiger partial charge in [0.25, 0.3) is 0 Å². The maximum atomic E-state index is 5.70. The fourth-order valence-corrected chi connectivity index (χ4v) is 1.32. The van der Waals surface area contributed by atoms with Crippen molar-refractivity contribution in [2.45, 2.75) is 13.3 Å². The first-order chi connectivity index (χ1) is 6.11. The van der Waals surface area contributed by atoms with Gasteiger partial charge in [-0.1, -0.05) is 29.9 Å². The van der Waals surface area contributed by atoms with Crippen molar-refractivity contribution >= 4 is 40.8 Å². The molecule has 1 aromatic rings. The minimum Gasteiger partial charge on any atom is -0.289 e. The van der Waals surface area contributed by atoms with Crippen LogP contribution in [0.15, 0.2) is 23.5 Å². The molecule has 0 fully saturated rings. The Labute approximate surface area is 93.0 Å². The molecule has 0 aliphatic rings. The standard InChI is InChI=1S/C8H9ClN2S2/c1-6(9)2-3-7-10-4-5-11(7)8(12)13/h2,4-5H,3H2,1H3,(H,12,13)/b6-2-. The van der Waals surface area contributed by atoms with E-state index in [2.05, 4.69) is 17.6 Å². The molecule has 2 nitrogen and oxygen atoms in total. The predicted octanol–water partition coefficient (Wildman–Crippen LogP) is 2.63. The zero-order valence-corrected chi connectivity index (χ0v) is 9.53. The molecule has 0 saturated carbocycles. The Morgan fingerprint density at radius 2 is 2.54 bits per heavy atom. The number of halogens is 1. The summed E-state index contributed by atoms with van der Waals surface area (Å²) in [7, 11) is 0. The van der Waals surface area contributed by atoms with E-state index in [-0.39, 0.29) is 0 Å². The largest absolute Gasteiger partial charge is 0.289 e. The molecule has 0 atom stereocenters. The molecule has 70 valence electrons. The van der Waals surface area contributed by atoms with Crippen LogP contribution in [0.1, 0.15) is 12.7 Å². The lowest BCUT2D eigenvalue weighted by Crippen LogP contribution is -2.05. The lowest BCUT2D eigenvalue weighted by molar-refractivity contribution is 0.987. The highest BCUT2D eigenvalue weighted by Crippen LogP contribution is 2.05. The molecular weight excluding hydrogens is 224 g/mol. The molecule has 13 heavy (non-hydrogen) atoms. The van der Waals surface area contributed by atoms with Gasteiger partial charge in [-0.25, -0.2) is 4.98 Å². The van der Waals surface area contributed by atoms with Crippen molar-refractivity contribution in [2.24, 2.45) is 0 Å². The number of rotatable bonds is 2. The minimum atomic E-state index is 0.494. The van der Waals surface area contributed by atoms with Gasteiger partial charge in [0.1, 0.15) is 10.1 Å². The zero-order chi connectivity index (χ0) is 9.84. The Hall–Kier alpha value is -0.320. The van der Waals surface area contributed by atoms with Gasteiger partial charge in [0, 0.05) is 23.8 Å². The zero-order valence-electron chi connectivity index (χ0n) is 7.07. The highest BCUT2D eigenvalue weighted by molar-refractivity contribution is 8.11. The molecular formula is C8H9ClN2S2. The van der Waals surface area contributed by atoms with Crippen molar-refractivity contribution in [1.82, 2.24) is 9.55 Å². The van der Waals surface area contributed by atoms with E-state index in [1.807, 2.05) is 13.0 Å². The third kappa shape index (κ3) is 3.14. The molecule has 0 aromatic carbocycles. The number of imidazole rings is 1. The Kier molecular flexibility index (Phi) is 3.96. The molecule has 0 unspecified atom stereocenters. The van der Waals surface area contributed by atoms with Crippen LogP contribution in [0.2, 0.25) is 0 Å². The molecule has 1 heterocycles. The fraction of sp³-hybridized carbons (Fsp3) is 0.250. The number of nitrogens with zero attached hydrogens (tertiary/aromatic N) is 2. The average molecular weight is 233 g/mol. The lowest BCUT2D eigenvalue weighted by atomic mass is 10.3. The summed E-state index contributed by atoms with van der Waals surface area (Å²) in [5.41, 5.74) is 0. The van der Waals surface area contributed by atoms with Gasteiger partial charge in [0.15, 0.2) is 0 Å². The van der Waals surface area contributed by atoms with Gasteiger partial charge in [-0.05, 0) is 6.92 Å². The van der Waals surface area contributed by atoms with Crippen LogP contribution in [0.25, 0.3) is 0 Å². The van der Waals surface area contributed by atoms with E-state index in [0.717, 1.165) is 10.9 Å². The molecule has 1 rings (SSSR count). The van der Waals surface area contributed by atoms with Gasteiger partial charge < -0.3 is 0 Å². The molecule has 0 aliphatic heterocycles. The molecule has 0 bridgehead atoms. The molecule has 0 N–H and O–H groups in total. The smallest absolute Gasteiger partial charge is 0.142 e. The normalized spacial score (nSPS) is 11.8. The van der Waals surface area contributed by atoms with Crippen molar-refractivity contribution in [2.75, 3.05) is 0 Å². The van der Waals surface area contributed by atoms with Crippen molar-refractivity contribution < 1.29 is 0 Å². The molecule has 0 aliphatic carbocycles. The molecule has 5 heteroatoms. The van der Waals surface area contributed by atoms with Crippen LogP contribution in [0.5, 0.6) is 0 Å². The van der Waals surface area contributed by atoms with E-state index >= 15 is 0 Å². The SMILES string of the molecule is C/C(Cl)=C/Cc1nccn1C(=S)S. The summed E-state index contributed by atoms with van der Waals surface area (Å²) < 4.78 is 2.24. The summed E-state index contributed by atoms with van der Waals surface area (Å²) in [6, 6.07) is 0. The highest BCUT2D eigenvalue weighted by atomic mass is 35.5. The number of thiocarbonyl (C=S) groups is 1. The summed E-state index contributed by atoms with van der Waals surface area (Å²) in [5, 5.41) is 0.750. The van der Waals surface area contributed by atoms with Crippen LogP contribution in [0.4, 0.5) is 0 Å². The van der Waals surface area contributed by atoms with Gasteiger partial charge in [0.2, 0.25) is 0 Å². The van der Waals surface area contributed by atoms with Crippen LogP contribution in [-0.2, 0) is 6.42 Å². The van der Waals surface area contributed by atoms with Crippen LogP contribution in [0.3, 0.4) is 0 Å². The van der Waals surface area contributed by atoms with Crippen LogP contribution < -0.4 is 0 Å². The third-order valence-corrected chi connectivity index (χ3v) is 2.06. The number of allylic oxidation sites excluding steroid dienone is 2. The Bertz CT molecular complexity index is 340. The topological polar surface area (TPSA) is 17.8 Å². The maximum Gasteiger partial charge on any atom is 0.142 e. The van der Waals surface area contributed by atoms with Crippen LogP contribution in [-0.4, -0.2) is 13.9 Å². The fourth-order valence-electron chi connectivity index (χ4n) is 0.891. The van der Waals surface area contributed by atoms with Gasteiger partial charge in [-0.2, -0.15) is 0 Å². The molecule has 0 saturated heterocycles. The second-order valence-electron chi connectivity index (χ2n) is 2.49.